The zero-order chi connectivity index (χ0) is 15.1. The average Bonchev–Trinajstić information content (AvgIpc) is 2.95. The number of amides is 1. The van der Waals surface area contributed by atoms with Crippen LogP contribution in [0, 0.1) is 0 Å². The van der Waals surface area contributed by atoms with Gasteiger partial charge in [0.15, 0.2) is 0 Å². The van der Waals surface area contributed by atoms with E-state index in [-0.39, 0.29) is 5.91 Å². The molecule has 0 radical (unpaired) electrons. The highest BCUT2D eigenvalue weighted by Gasteiger charge is 2.03. The molecule has 2 aromatic rings. The molecule has 0 saturated carbocycles. The summed E-state index contributed by atoms with van der Waals surface area (Å²) in [6, 6.07) is 7.62. The minimum absolute atomic E-state index is 0.0592. The molecular formula is C16H22N4O. The topological polar surface area (TPSA) is 59.0 Å². The Hall–Kier alpha value is -2.14. The lowest BCUT2D eigenvalue weighted by Crippen LogP contribution is -2.18. The van der Waals surface area contributed by atoms with E-state index in [0.29, 0.717) is 5.56 Å². The smallest absolute Gasteiger partial charge is 0.251 e. The predicted octanol–water partition coefficient (Wildman–Crippen LogP) is 1.94. The molecule has 1 amide bonds. The van der Waals surface area contributed by atoms with Crippen molar-refractivity contribution in [2.45, 2.75) is 33.0 Å². The van der Waals surface area contributed by atoms with Gasteiger partial charge in [0.1, 0.15) is 5.82 Å². The highest BCUT2D eigenvalue weighted by atomic mass is 16.1. The molecule has 0 spiro atoms. The summed E-state index contributed by atoms with van der Waals surface area (Å²) in [4.78, 5) is 15.8. The third kappa shape index (κ3) is 4.16. The van der Waals surface area contributed by atoms with Gasteiger partial charge in [-0.3, -0.25) is 4.79 Å². The van der Waals surface area contributed by atoms with Gasteiger partial charge >= 0.3 is 0 Å². The fourth-order valence-electron chi connectivity index (χ4n) is 2.19. The molecule has 0 aliphatic carbocycles. The molecule has 0 aliphatic rings. The van der Waals surface area contributed by atoms with E-state index >= 15 is 0 Å². The van der Waals surface area contributed by atoms with Crippen molar-refractivity contribution >= 4 is 5.91 Å². The molecule has 0 fully saturated rings. The highest BCUT2D eigenvalue weighted by Crippen LogP contribution is 2.05. The van der Waals surface area contributed by atoms with E-state index in [1.165, 1.54) is 0 Å². The van der Waals surface area contributed by atoms with E-state index in [2.05, 4.69) is 27.1 Å². The second-order valence-electron chi connectivity index (χ2n) is 4.92. The Balaban J connectivity index is 1.85. The van der Waals surface area contributed by atoms with Crippen LogP contribution >= 0.6 is 0 Å². The maximum absolute atomic E-state index is 11.5. The number of carbonyl (C=O) groups excluding carboxylic acids is 1. The molecular weight excluding hydrogens is 264 g/mol. The molecule has 0 saturated heterocycles. The minimum Gasteiger partial charge on any atom is -0.355 e. The number of aryl methyl sites for hydroxylation is 1. The van der Waals surface area contributed by atoms with Gasteiger partial charge in [0, 0.05) is 38.1 Å². The minimum atomic E-state index is -0.0592. The number of hydrogen-bond donors (Lipinski definition) is 2. The van der Waals surface area contributed by atoms with Gasteiger partial charge in [-0.15, -0.1) is 0 Å². The Bertz CT molecular complexity index is 574. The van der Waals surface area contributed by atoms with Gasteiger partial charge in [0.2, 0.25) is 0 Å². The van der Waals surface area contributed by atoms with E-state index in [0.717, 1.165) is 37.4 Å². The van der Waals surface area contributed by atoms with Crippen LogP contribution in [0.2, 0.25) is 0 Å². The summed E-state index contributed by atoms with van der Waals surface area (Å²) >= 11 is 0. The monoisotopic (exact) mass is 286 g/mol. The van der Waals surface area contributed by atoms with Crippen LogP contribution in [0.25, 0.3) is 0 Å². The maximum Gasteiger partial charge on any atom is 0.251 e. The van der Waals surface area contributed by atoms with Gasteiger partial charge in [-0.25, -0.2) is 4.98 Å². The Labute approximate surface area is 125 Å². The van der Waals surface area contributed by atoms with E-state index in [1.807, 2.05) is 36.7 Å². The molecule has 2 rings (SSSR count). The predicted molar refractivity (Wildman–Crippen MR) is 82.9 cm³/mol. The van der Waals surface area contributed by atoms with E-state index < -0.39 is 0 Å². The standard InChI is InChI=1S/C16H22N4O/c1-3-9-20-10-8-19-15(20)12-18-11-13-4-6-14(7-5-13)16(21)17-2/h4-8,10,18H,3,9,11-12H2,1-2H3,(H,17,21). The Morgan fingerprint density at radius 2 is 2.00 bits per heavy atom. The van der Waals surface area contributed by atoms with E-state index in [9.17, 15) is 4.79 Å². The van der Waals surface area contributed by atoms with Crippen LogP contribution in [0.15, 0.2) is 36.7 Å². The number of rotatable bonds is 7. The van der Waals surface area contributed by atoms with Crippen molar-refractivity contribution < 1.29 is 4.79 Å². The van der Waals surface area contributed by atoms with Crippen molar-refractivity contribution in [1.29, 1.82) is 0 Å². The third-order valence-corrected chi connectivity index (χ3v) is 3.32. The zero-order valence-corrected chi connectivity index (χ0v) is 12.6. The normalized spacial score (nSPS) is 10.6. The van der Waals surface area contributed by atoms with Crippen molar-refractivity contribution in [3.8, 4) is 0 Å². The number of carbonyl (C=O) groups is 1. The van der Waals surface area contributed by atoms with Gasteiger partial charge in [0.25, 0.3) is 5.91 Å². The summed E-state index contributed by atoms with van der Waals surface area (Å²) in [6.45, 7) is 4.65. The maximum atomic E-state index is 11.5. The number of hydrogen-bond acceptors (Lipinski definition) is 3. The largest absolute Gasteiger partial charge is 0.355 e. The fraction of sp³-hybridized carbons (Fsp3) is 0.375. The highest BCUT2D eigenvalue weighted by molar-refractivity contribution is 5.93. The van der Waals surface area contributed by atoms with Gasteiger partial charge in [-0.05, 0) is 24.1 Å². The van der Waals surface area contributed by atoms with Crippen LogP contribution < -0.4 is 10.6 Å². The first-order valence-electron chi connectivity index (χ1n) is 7.26. The Kier molecular flexibility index (Phi) is 5.51. The molecule has 5 nitrogen and oxygen atoms in total. The number of aromatic nitrogens is 2. The quantitative estimate of drug-likeness (QED) is 0.818. The molecule has 1 aromatic carbocycles. The molecule has 0 atom stereocenters. The van der Waals surface area contributed by atoms with Crippen molar-refractivity contribution in [3.63, 3.8) is 0 Å². The Morgan fingerprint density at radius 1 is 1.24 bits per heavy atom. The van der Waals surface area contributed by atoms with Gasteiger partial charge in [0.05, 0.1) is 6.54 Å². The van der Waals surface area contributed by atoms with Crippen LogP contribution in [0.5, 0.6) is 0 Å². The Morgan fingerprint density at radius 3 is 2.67 bits per heavy atom. The van der Waals surface area contributed by atoms with Crippen molar-refractivity contribution in [3.05, 3.63) is 53.6 Å². The first kappa shape index (κ1) is 15.3. The second-order valence-corrected chi connectivity index (χ2v) is 4.92. The first-order valence-corrected chi connectivity index (χ1v) is 7.26. The summed E-state index contributed by atoms with van der Waals surface area (Å²) in [5.41, 5.74) is 1.83. The summed E-state index contributed by atoms with van der Waals surface area (Å²) in [6.07, 6.45) is 4.95. The summed E-state index contributed by atoms with van der Waals surface area (Å²) in [5.74, 6) is 0.995. The number of imidazole rings is 1. The van der Waals surface area contributed by atoms with Crippen molar-refractivity contribution in [2.24, 2.45) is 0 Å². The van der Waals surface area contributed by atoms with Crippen LogP contribution in [-0.2, 0) is 19.6 Å². The van der Waals surface area contributed by atoms with Crippen LogP contribution in [-0.4, -0.2) is 22.5 Å². The molecule has 0 unspecified atom stereocenters. The van der Waals surface area contributed by atoms with E-state index in [1.54, 1.807) is 7.05 Å². The molecule has 1 heterocycles. The summed E-state index contributed by atoms with van der Waals surface area (Å²) < 4.78 is 2.17. The number of nitrogens with zero attached hydrogens (tertiary/aromatic N) is 2. The lowest BCUT2D eigenvalue weighted by Gasteiger charge is -2.08. The average molecular weight is 286 g/mol. The molecule has 112 valence electrons. The first-order chi connectivity index (χ1) is 10.2. The van der Waals surface area contributed by atoms with Crippen molar-refractivity contribution in [2.75, 3.05) is 7.05 Å². The van der Waals surface area contributed by atoms with Crippen molar-refractivity contribution in [1.82, 2.24) is 20.2 Å². The van der Waals surface area contributed by atoms with Crippen LogP contribution in [0.4, 0.5) is 0 Å². The lowest BCUT2D eigenvalue weighted by molar-refractivity contribution is 0.0963. The summed E-state index contributed by atoms with van der Waals surface area (Å²) in [5, 5.41) is 6.00. The third-order valence-electron chi connectivity index (χ3n) is 3.32. The second kappa shape index (κ2) is 7.59. The SMILES string of the molecule is CCCn1ccnc1CNCc1ccc(C(=O)NC)cc1. The number of nitrogens with one attached hydrogen (secondary N) is 2. The molecule has 21 heavy (non-hydrogen) atoms. The molecule has 0 bridgehead atoms. The molecule has 2 N–H and O–H groups in total. The molecule has 0 aliphatic heterocycles. The number of benzene rings is 1. The van der Waals surface area contributed by atoms with Gasteiger partial charge in [-0.2, -0.15) is 0 Å². The summed E-state index contributed by atoms with van der Waals surface area (Å²) in [7, 11) is 1.64. The molecule has 5 heteroatoms. The van der Waals surface area contributed by atoms with Crippen LogP contribution in [0.1, 0.15) is 35.1 Å². The van der Waals surface area contributed by atoms with Crippen LogP contribution in [0.3, 0.4) is 0 Å². The molecule has 1 aromatic heterocycles. The van der Waals surface area contributed by atoms with Gasteiger partial charge < -0.3 is 15.2 Å². The van der Waals surface area contributed by atoms with Gasteiger partial charge in [-0.1, -0.05) is 19.1 Å². The fourth-order valence-corrected chi connectivity index (χ4v) is 2.19. The van der Waals surface area contributed by atoms with E-state index in [4.69, 9.17) is 0 Å². The zero-order valence-electron chi connectivity index (χ0n) is 12.6. The lowest BCUT2D eigenvalue weighted by atomic mass is 10.1.